The highest BCUT2D eigenvalue weighted by Crippen LogP contribution is 2.23. The van der Waals surface area contributed by atoms with E-state index in [-0.39, 0.29) is 11.8 Å². The highest BCUT2D eigenvalue weighted by molar-refractivity contribution is 5.87. The molecule has 1 aliphatic rings. The van der Waals surface area contributed by atoms with Crippen molar-refractivity contribution in [1.82, 2.24) is 4.90 Å². The van der Waals surface area contributed by atoms with Crippen molar-refractivity contribution in [3.63, 3.8) is 0 Å². The summed E-state index contributed by atoms with van der Waals surface area (Å²) in [6, 6.07) is -1.32. The molecule has 1 rings (SSSR count). The SMILES string of the molecule is CC1CCN(C(=O)[C@@H](N)C(C)C)C(C(=O)O)C1. The lowest BCUT2D eigenvalue weighted by molar-refractivity contribution is -0.154. The molecule has 3 N–H and O–H groups in total. The summed E-state index contributed by atoms with van der Waals surface area (Å²) in [7, 11) is 0. The average molecular weight is 242 g/mol. The fourth-order valence-corrected chi connectivity index (χ4v) is 2.12. The molecule has 5 nitrogen and oxygen atoms in total. The summed E-state index contributed by atoms with van der Waals surface area (Å²) in [6.45, 7) is 6.24. The summed E-state index contributed by atoms with van der Waals surface area (Å²) >= 11 is 0. The summed E-state index contributed by atoms with van der Waals surface area (Å²) in [5.74, 6) is -0.799. The molecule has 3 atom stereocenters. The van der Waals surface area contributed by atoms with Crippen LogP contribution in [0.1, 0.15) is 33.6 Å². The lowest BCUT2D eigenvalue weighted by Gasteiger charge is -2.37. The van der Waals surface area contributed by atoms with E-state index in [0.717, 1.165) is 6.42 Å². The molecule has 1 amide bonds. The second-order valence-corrected chi connectivity index (χ2v) is 5.29. The quantitative estimate of drug-likeness (QED) is 0.762. The van der Waals surface area contributed by atoms with Crippen LogP contribution in [0.25, 0.3) is 0 Å². The van der Waals surface area contributed by atoms with E-state index in [1.807, 2.05) is 20.8 Å². The van der Waals surface area contributed by atoms with Gasteiger partial charge >= 0.3 is 5.97 Å². The van der Waals surface area contributed by atoms with Crippen LogP contribution < -0.4 is 5.73 Å². The Kier molecular flexibility index (Phi) is 4.51. The first kappa shape index (κ1) is 14.0. The zero-order chi connectivity index (χ0) is 13.2. The molecule has 2 unspecified atom stereocenters. The molecule has 0 aliphatic carbocycles. The van der Waals surface area contributed by atoms with Crippen LogP contribution in [-0.4, -0.2) is 40.5 Å². The van der Waals surface area contributed by atoms with E-state index >= 15 is 0 Å². The Morgan fingerprint density at radius 1 is 1.41 bits per heavy atom. The van der Waals surface area contributed by atoms with Gasteiger partial charge in [0.25, 0.3) is 0 Å². The molecular formula is C12H22N2O3. The van der Waals surface area contributed by atoms with Crippen molar-refractivity contribution in [2.24, 2.45) is 17.6 Å². The van der Waals surface area contributed by atoms with Gasteiger partial charge in [0, 0.05) is 6.54 Å². The van der Waals surface area contributed by atoms with Crippen molar-refractivity contribution in [3.05, 3.63) is 0 Å². The molecule has 0 radical (unpaired) electrons. The number of carboxylic acid groups (broad SMARTS) is 1. The standard InChI is InChI=1S/C12H22N2O3/c1-7(2)10(13)11(15)14-5-4-8(3)6-9(14)12(16)17/h7-10H,4-6,13H2,1-3H3,(H,16,17)/t8?,9?,10-/m0/s1. The number of piperidine rings is 1. The number of aliphatic carboxylic acids is 1. The summed E-state index contributed by atoms with van der Waals surface area (Å²) in [6.07, 6.45) is 1.37. The van der Waals surface area contributed by atoms with E-state index in [0.29, 0.717) is 18.9 Å². The van der Waals surface area contributed by atoms with Crippen LogP contribution in [0.2, 0.25) is 0 Å². The smallest absolute Gasteiger partial charge is 0.326 e. The molecule has 1 heterocycles. The first-order chi connectivity index (χ1) is 7.84. The Bertz CT molecular complexity index is 304. The topological polar surface area (TPSA) is 83.6 Å². The van der Waals surface area contributed by atoms with Gasteiger partial charge in [-0.1, -0.05) is 20.8 Å². The van der Waals surface area contributed by atoms with Gasteiger partial charge in [0.2, 0.25) is 5.91 Å². The maximum absolute atomic E-state index is 12.1. The average Bonchev–Trinajstić information content (AvgIpc) is 2.26. The summed E-state index contributed by atoms with van der Waals surface area (Å²) in [4.78, 5) is 24.7. The third-order valence-corrected chi connectivity index (χ3v) is 3.44. The number of hydrogen-bond donors (Lipinski definition) is 2. The maximum atomic E-state index is 12.1. The van der Waals surface area contributed by atoms with Gasteiger partial charge in [-0.3, -0.25) is 4.79 Å². The van der Waals surface area contributed by atoms with Gasteiger partial charge in [0.15, 0.2) is 0 Å². The van der Waals surface area contributed by atoms with Crippen molar-refractivity contribution in [2.75, 3.05) is 6.54 Å². The second-order valence-electron chi connectivity index (χ2n) is 5.29. The van der Waals surface area contributed by atoms with Crippen molar-refractivity contribution >= 4 is 11.9 Å². The minimum Gasteiger partial charge on any atom is -0.480 e. The predicted molar refractivity (Wildman–Crippen MR) is 64.3 cm³/mol. The first-order valence-electron chi connectivity index (χ1n) is 6.13. The Hall–Kier alpha value is -1.10. The summed E-state index contributed by atoms with van der Waals surface area (Å²) < 4.78 is 0. The molecule has 0 saturated carbocycles. The predicted octanol–water partition coefficient (Wildman–Crippen LogP) is 0.681. The van der Waals surface area contributed by atoms with Crippen LogP contribution in [0.15, 0.2) is 0 Å². The van der Waals surface area contributed by atoms with Crippen LogP contribution in [0.3, 0.4) is 0 Å². The largest absolute Gasteiger partial charge is 0.480 e. The number of hydrogen-bond acceptors (Lipinski definition) is 3. The van der Waals surface area contributed by atoms with Crippen LogP contribution in [-0.2, 0) is 9.59 Å². The molecule has 1 aliphatic heterocycles. The molecular weight excluding hydrogens is 220 g/mol. The zero-order valence-corrected chi connectivity index (χ0v) is 10.7. The molecule has 0 bridgehead atoms. The number of carboxylic acids is 1. The third kappa shape index (κ3) is 3.19. The monoisotopic (exact) mass is 242 g/mol. The molecule has 5 heteroatoms. The number of nitrogens with two attached hydrogens (primary N) is 1. The van der Waals surface area contributed by atoms with Gasteiger partial charge in [-0.15, -0.1) is 0 Å². The van der Waals surface area contributed by atoms with Gasteiger partial charge in [-0.2, -0.15) is 0 Å². The van der Waals surface area contributed by atoms with Crippen LogP contribution >= 0.6 is 0 Å². The van der Waals surface area contributed by atoms with Crippen molar-refractivity contribution in [2.45, 2.75) is 45.7 Å². The second kappa shape index (κ2) is 5.49. The van der Waals surface area contributed by atoms with Crippen LogP contribution in [0, 0.1) is 11.8 Å². The number of rotatable bonds is 3. The highest BCUT2D eigenvalue weighted by atomic mass is 16.4. The van der Waals surface area contributed by atoms with E-state index < -0.39 is 18.1 Å². The maximum Gasteiger partial charge on any atom is 0.326 e. The van der Waals surface area contributed by atoms with Gasteiger partial charge < -0.3 is 15.7 Å². The molecule has 0 aromatic carbocycles. The van der Waals surface area contributed by atoms with Gasteiger partial charge in [-0.05, 0) is 24.7 Å². The fraction of sp³-hybridized carbons (Fsp3) is 0.833. The van der Waals surface area contributed by atoms with E-state index in [2.05, 4.69) is 0 Å². The van der Waals surface area contributed by atoms with E-state index in [9.17, 15) is 9.59 Å². The molecule has 0 spiro atoms. The first-order valence-corrected chi connectivity index (χ1v) is 6.13. The molecule has 17 heavy (non-hydrogen) atoms. The fourth-order valence-electron chi connectivity index (χ4n) is 2.12. The van der Waals surface area contributed by atoms with Crippen molar-refractivity contribution < 1.29 is 14.7 Å². The Morgan fingerprint density at radius 3 is 2.47 bits per heavy atom. The van der Waals surface area contributed by atoms with Gasteiger partial charge in [0.05, 0.1) is 6.04 Å². The minimum absolute atomic E-state index is 0.0243. The Morgan fingerprint density at radius 2 is 2.00 bits per heavy atom. The van der Waals surface area contributed by atoms with Gasteiger partial charge in [-0.25, -0.2) is 4.79 Å². The lowest BCUT2D eigenvalue weighted by Crippen LogP contribution is -2.55. The lowest BCUT2D eigenvalue weighted by atomic mass is 9.91. The molecule has 98 valence electrons. The van der Waals surface area contributed by atoms with Crippen molar-refractivity contribution in [3.8, 4) is 0 Å². The highest BCUT2D eigenvalue weighted by Gasteiger charge is 2.37. The Labute approximate surface area is 102 Å². The van der Waals surface area contributed by atoms with E-state index in [4.69, 9.17) is 10.8 Å². The minimum atomic E-state index is -0.930. The van der Waals surface area contributed by atoms with Crippen molar-refractivity contribution in [1.29, 1.82) is 0 Å². The van der Waals surface area contributed by atoms with Crippen LogP contribution in [0.4, 0.5) is 0 Å². The number of likely N-dealkylation sites (tertiary alicyclic amines) is 1. The molecule has 0 aromatic rings. The van der Waals surface area contributed by atoms with E-state index in [1.54, 1.807) is 0 Å². The van der Waals surface area contributed by atoms with Gasteiger partial charge in [0.1, 0.15) is 6.04 Å². The summed E-state index contributed by atoms with van der Waals surface area (Å²) in [5.41, 5.74) is 5.80. The molecule has 0 aromatic heterocycles. The normalized spacial score (nSPS) is 27.0. The van der Waals surface area contributed by atoms with E-state index in [1.165, 1.54) is 4.90 Å². The zero-order valence-electron chi connectivity index (χ0n) is 10.7. The molecule has 1 fully saturated rings. The third-order valence-electron chi connectivity index (χ3n) is 3.44. The summed E-state index contributed by atoms with van der Waals surface area (Å²) in [5, 5.41) is 9.16. The number of carbonyl (C=O) groups excluding carboxylic acids is 1. The Balaban J connectivity index is 2.80. The number of carbonyl (C=O) groups is 2. The molecule has 1 saturated heterocycles. The van der Waals surface area contributed by atoms with Crippen LogP contribution in [0.5, 0.6) is 0 Å². The number of nitrogens with zero attached hydrogens (tertiary/aromatic N) is 1. The number of amides is 1.